The Bertz CT molecular complexity index is 377. The molecule has 4 nitrogen and oxygen atoms in total. The normalized spacial score (nSPS) is 20.4. The van der Waals surface area contributed by atoms with Crippen molar-refractivity contribution in [1.82, 2.24) is 10.3 Å². The summed E-state index contributed by atoms with van der Waals surface area (Å²) < 4.78 is 0. The Balaban J connectivity index is 1.96. The number of hydrogen-bond donors (Lipinski definition) is 2. The molecular weight excluding hydrogens is 226 g/mol. The van der Waals surface area contributed by atoms with Crippen molar-refractivity contribution in [1.29, 1.82) is 0 Å². The van der Waals surface area contributed by atoms with Crippen molar-refractivity contribution in [2.45, 2.75) is 12.8 Å². The van der Waals surface area contributed by atoms with Gasteiger partial charge < -0.3 is 10.6 Å². The van der Waals surface area contributed by atoms with E-state index in [4.69, 9.17) is 11.6 Å². The van der Waals surface area contributed by atoms with Crippen molar-refractivity contribution < 1.29 is 4.79 Å². The first-order valence-corrected chi connectivity index (χ1v) is 5.76. The molecule has 0 aromatic carbocycles. The molecule has 2 N–H and O–H groups in total. The average Bonchev–Trinajstić information content (AvgIpc) is 2.30. The highest BCUT2D eigenvalue weighted by molar-refractivity contribution is 6.30. The zero-order valence-corrected chi connectivity index (χ0v) is 9.63. The van der Waals surface area contributed by atoms with E-state index in [1.54, 1.807) is 18.3 Å². The largest absolute Gasteiger partial charge is 0.316 e. The molecule has 1 atom stereocenters. The van der Waals surface area contributed by atoms with Crippen LogP contribution >= 0.6 is 11.6 Å². The Morgan fingerprint density at radius 3 is 3.19 bits per heavy atom. The van der Waals surface area contributed by atoms with Gasteiger partial charge in [-0.15, -0.1) is 0 Å². The lowest BCUT2D eigenvalue weighted by Crippen LogP contribution is -2.37. The van der Waals surface area contributed by atoms with E-state index in [1.165, 1.54) is 0 Å². The molecule has 1 saturated heterocycles. The summed E-state index contributed by atoms with van der Waals surface area (Å²) >= 11 is 5.81. The molecular formula is C11H14ClN3O. The summed E-state index contributed by atoms with van der Waals surface area (Å²) in [6.07, 6.45) is 3.55. The smallest absolute Gasteiger partial charge is 0.229 e. The van der Waals surface area contributed by atoms with Gasteiger partial charge in [0.05, 0.1) is 5.92 Å². The molecule has 5 heteroatoms. The maximum absolute atomic E-state index is 11.8. The van der Waals surface area contributed by atoms with E-state index in [2.05, 4.69) is 15.6 Å². The van der Waals surface area contributed by atoms with E-state index >= 15 is 0 Å². The van der Waals surface area contributed by atoms with Crippen LogP contribution in [0.3, 0.4) is 0 Å². The van der Waals surface area contributed by atoms with Crippen LogP contribution in [0.5, 0.6) is 0 Å². The average molecular weight is 240 g/mol. The quantitative estimate of drug-likeness (QED) is 0.826. The van der Waals surface area contributed by atoms with Gasteiger partial charge in [0, 0.05) is 17.8 Å². The van der Waals surface area contributed by atoms with Crippen molar-refractivity contribution in [2.75, 3.05) is 18.4 Å². The maximum atomic E-state index is 11.8. The third-order valence-electron chi connectivity index (χ3n) is 2.64. The number of nitrogens with zero attached hydrogens (tertiary/aromatic N) is 1. The molecule has 0 radical (unpaired) electrons. The van der Waals surface area contributed by atoms with Gasteiger partial charge in [0.2, 0.25) is 5.91 Å². The lowest BCUT2D eigenvalue weighted by Gasteiger charge is -2.21. The van der Waals surface area contributed by atoms with Crippen LogP contribution in [0.1, 0.15) is 12.8 Å². The molecule has 1 aliphatic rings. The van der Waals surface area contributed by atoms with Gasteiger partial charge in [0.1, 0.15) is 5.82 Å². The molecule has 1 aromatic heterocycles. The van der Waals surface area contributed by atoms with Gasteiger partial charge in [0.15, 0.2) is 0 Å². The maximum Gasteiger partial charge on any atom is 0.229 e. The highest BCUT2D eigenvalue weighted by Crippen LogP contribution is 2.15. The Morgan fingerprint density at radius 1 is 1.62 bits per heavy atom. The lowest BCUT2D eigenvalue weighted by molar-refractivity contribution is -0.120. The summed E-state index contributed by atoms with van der Waals surface area (Å²) in [5.41, 5.74) is 0. The lowest BCUT2D eigenvalue weighted by atomic mass is 9.99. The molecule has 2 heterocycles. The van der Waals surface area contributed by atoms with Gasteiger partial charge in [-0.1, -0.05) is 11.6 Å². The molecule has 0 saturated carbocycles. The topological polar surface area (TPSA) is 54.0 Å². The molecule has 86 valence electrons. The van der Waals surface area contributed by atoms with Crippen LogP contribution in [0.4, 0.5) is 5.82 Å². The van der Waals surface area contributed by atoms with Crippen LogP contribution in [0, 0.1) is 5.92 Å². The fourth-order valence-electron chi connectivity index (χ4n) is 1.78. The van der Waals surface area contributed by atoms with Gasteiger partial charge in [-0.2, -0.15) is 0 Å². The van der Waals surface area contributed by atoms with E-state index < -0.39 is 0 Å². The molecule has 1 aromatic rings. The van der Waals surface area contributed by atoms with E-state index in [-0.39, 0.29) is 11.8 Å². The SMILES string of the molecule is O=C(Nc1cc(Cl)ccn1)[C@@H]1CCCNC1. The second kappa shape index (κ2) is 5.27. The van der Waals surface area contributed by atoms with Crippen molar-refractivity contribution in [3.05, 3.63) is 23.4 Å². The zero-order valence-electron chi connectivity index (χ0n) is 8.87. The van der Waals surface area contributed by atoms with Crippen molar-refractivity contribution in [3.63, 3.8) is 0 Å². The summed E-state index contributed by atoms with van der Waals surface area (Å²) in [6, 6.07) is 3.33. The third-order valence-corrected chi connectivity index (χ3v) is 2.88. The van der Waals surface area contributed by atoms with Crippen LogP contribution < -0.4 is 10.6 Å². The molecule has 2 rings (SSSR count). The minimum atomic E-state index is 0.0157. The number of amides is 1. The molecule has 0 spiro atoms. The van der Waals surface area contributed by atoms with E-state index in [0.717, 1.165) is 25.9 Å². The summed E-state index contributed by atoms with van der Waals surface area (Å²) in [7, 11) is 0. The van der Waals surface area contributed by atoms with Crippen LogP contribution in [-0.4, -0.2) is 24.0 Å². The van der Waals surface area contributed by atoms with E-state index in [9.17, 15) is 4.79 Å². The Hall–Kier alpha value is -1.13. The highest BCUT2D eigenvalue weighted by atomic mass is 35.5. The number of carbonyl (C=O) groups is 1. The first-order chi connectivity index (χ1) is 7.75. The fourth-order valence-corrected chi connectivity index (χ4v) is 1.94. The number of pyridine rings is 1. The number of aromatic nitrogens is 1. The number of carbonyl (C=O) groups excluding carboxylic acids is 1. The van der Waals surface area contributed by atoms with Crippen molar-refractivity contribution >= 4 is 23.3 Å². The monoisotopic (exact) mass is 239 g/mol. The summed E-state index contributed by atoms with van der Waals surface area (Å²) in [4.78, 5) is 15.9. The van der Waals surface area contributed by atoms with Gasteiger partial charge in [-0.25, -0.2) is 4.98 Å². The number of rotatable bonds is 2. The standard InChI is InChI=1S/C11H14ClN3O/c12-9-3-5-14-10(6-9)15-11(16)8-2-1-4-13-7-8/h3,5-6,8,13H,1-2,4,7H2,(H,14,15,16)/t8-/m1/s1. The molecule has 1 fully saturated rings. The second-order valence-electron chi connectivity index (χ2n) is 3.89. The number of halogens is 1. The van der Waals surface area contributed by atoms with Crippen molar-refractivity contribution in [3.8, 4) is 0 Å². The first kappa shape index (κ1) is 11.4. The Labute approximate surface area is 99.4 Å². The molecule has 16 heavy (non-hydrogen) atoms. The predicted octanol–water partition coefficient (Wildman–Crippen LogP) is 1.67. The van der Waals surface area contributed by atoms with E-state index in [1.807, 2.05) is 0 Å². The highest BCUT2D eigenvalue weighted by Gasteiger charge is 2.20. The summed E-state index contributed by atoms with van der Waals surface area (Å²) in [6.45, 7) is 1.74. The number of piperidine rings is 1. The van der Waals surface area contributed by atoms with Crippen LogP contribution in [0.2, 0.25) is 5.02 Å². The summed E-state index contributed by atoms with van der Waals surface area (Å²) in [5.74, 6) is 0.569. The zero-order chi connectivity index (χ0) is 11.4. The Kier molecular flexibility index (Phi) is 3.74. The molecule has 1 aliphatic heterocycles. The molecule has 1 amide bonds. The minimum absolute atomic E-state index is 0.0157. The Morgan fingerprint density at radius 2 is 2.50 bits per heavy atom. The van der Waals surface area contributed by atoms with Crippen LogP contribution in [0.25, 0.3) is 0 Å². The first-order valence-electron chi connectivity index (χ1n) is 5.39. The number of anilines is 1. The second-order valence-corrected chi connectivity index (χ2v) is 4.33. The van der Waals surface area contributed by atoms with Crippen LogP contribution in [-0.2, 0) is 4.79 Å². The molecule has 0 aliphatic carbocycles. The van der Waals surface area contributed by atoms with Crippen LogP contribution in [0.15, 0.2) is 18.3 Å². The van der Waals surface area contributed by atoms with Gasteiger partial charge >= 0.3 is 0 Å². The van der Waals surface area contributed by atoms with Crippen molar-refractivity contribution in [2.24, 2.45) is 5.92 Å². The van der Waals surface area contributed by atoms with Gasteiger partial charge in [-0.3, -0.25) is 4.79 Å². The van der Waals surface area contributed by atoms with Gasteiger partial charge in [-0.05, 0) is 31.5 Å². The fraction of sp³-hybridized carbons (Fsp3) is 0.455. The predicted molar refractivity (Wildman–Crippen MR) is 63.5 cm³/mol. The summed E-state index contributed by atoms with van der Waals surface area (Å²) in [5, 5.41) is 6.56. The number of hydrogen-bond acceptors (Lipinski definition) is 3. The minimum Gasteiger partial charge on any atom is -0.316 e. The third kappa shape index (κ3) is 2.93. The molecule has 0 unspecified atom stereocenters. The van der Waals surface area contributed by atoms with Gasteiger partial charge in [0.25, 0.3) is 0 Å². The van der Waals surface area contributed by atoms with E-state index in [0.29, 0.717) is 10.8 Å². The molecule has 0 bridgehead atoms. The number of nitrogens with one attached hydrogen (secondary N) is 2.